The van der Waals surface area contributed by atoms with E-state index in [1.165, 1.54) is 0 Å². The Kier molecular flexibility index (Phi) is 19.1. The van der Waals surface area contributed by atoms with Crippen molar-refractivity contribution < 1.29 is 32.7 Å². The quantitative estimate of drug-likeness (QED) is 0.153. The summed E-state index contributed by atoms with van der Waals surface area (Å²) >= 11 is 0. The van der Waals surface area contributed by atoms with Gasteiger partial charge in [0.1, 0.15) is 5.60 Å². The predicted octanol–water partition coefficient (Wildman–Crippen LogP) is 11.6. The van der Waals surface area contributed by atoms with Crippen LogP contribution >= 0.6 is 0 Å². The summed E-state index contributed by atoms with van der Waals surface area (Å²) in [5.74, 6) is 0.103. The largest absolute Gasteiger partial charge is 0.466 e. The first kappa shape index (κ1) is 48.3. The first-order valence-corrected chi connectivity index (χ1v) is 25.5. The molecule has 0 aromatic heterocycles. The zero-order valence-electron chi connectivity index (χ0n) is 35.9. The lowest BCUT2D eigenvalue weighted by atomic mass is 9.70. The van der Waals surface area contributed by atoms with Crippen molar-refractivity contribution in [3.63, 3.8) is 0 Å². The highest BCUT2D eigenvalue weighted by Gasteiger charge is 2.54. The summed E-state index contributed by atoms with van der Waals surface area (Å²) in [5, 5.41) is 0.501. The normalized spacial score (nSPS) is 27.3. The van der Waals surface area contributed by atoms with Crippen molar-refractivity contribution in [3.05, 3.63) is 0 Å². The predicted molar refractivity (Wildman–Crippen MR) is 211 cm³/mol. The molecule has 0 aromatic carbocycles. The van der Waals surface area contributed by atoms with Crippen molar-refractivity contribution in [2.45, 2.75) is 221 Å². The zero-order valence-corrected chi connectivity index (χ0v) is 37.9. The van der Waals surface area contributed by atoms with E-state index >= 15 is 0 Å². The molecular formula is C40H82O7Si2. The summed E-state index contributed by atoms with van der Waals surface area (Å²) in [4.78, 5) is 24.0. The smallest absolute Gasteiger partial charge is 0.312 e. The van der Waals surface area contributed by atoms with Gasteiger partial charge in [0.05, 0.1) is 30.1 Å². The fourth-order valence-corrected chi connectivity index (χ4v) is 8.78. The van der Waals surface area contributed by atoms with Crippen LogP contribution in [-0.2, 0) is 32.7 Å². The molecule has 0 unspecified atom stereocenters. The molecule has 0 radical (unpaired) electrons. The number of cyclic esters (lactones) is 1. The molecule has 4 fully saturated rings. The third kappa shape index (κ3) is 15.8. The van der Waals surface area contributed by atoms with Crippen molar-refractivity contribution in [3.8, 4) is 0 Å². The number of carbonyl (C=O) groups is 2. The summed E-state index contributed by atoms with van der Waals surface area (Å²) in [6.45, 7) is 42.4. The standard InChI is InChI=1S/C17H32O3Si.C15H30O3Si.C4H8O.2C2H6/c1-15(2,3)21(6,7)20-13-8-10-17(11-9-13)12-16(4,5)19-14(17)18;1-7-17-14(16)12-8-10-13(11-9-12)18-19(5,6)15(2,3)4;1-4(2)3-5-4;2*1-2/h13H,8-12H2,1-7H3;12-13H,7-11H2,1-6H3;3H2,1-2H3;2*1-2H3. The Balaban J connectivity index is 0.000000756. The van der Waals surface area contributed by atoms with Gasteiger partial charge in [-0.2, -0.15) is 0 Å². The molecule has 292 valence electrons. The molecule has 2 saturated carbocycles. The molecule has 2 aliphatic carbocycles. The second-order valence-corrected chi connectivity index (χ2v) is 27.8. The van der Waals surface area contributed by atoms with Gasteiger partial charge in [-0.1, -0.05) is 69.2 Å². The molecule has 0 N–H and O–H groups in total. The number of carbonyl (C=O) groups excluding carboxylic acids is 2. The number of hydrogen-bond donors (Lipinski definition) is 0. The Morgan fingerprint density at radius 1 is 0.735 bits per heavy atom. The van der Waals surface area contributed by atoms with Crippen LogP contribution in [0.2, 0.25) is 36.3 Å². The van der Waals surface area contributed by atoms with E-state index in [4.69, 9.17) is 23.1 Å². The van der Waals surface area contributed by atoms with E-state index in [1.807, 2.05) is 48.5 Å². The van der Waals surface area contributed by atoms with Crippen LogP contribution < -0.4 is 0 Å². The van der Waals surface area contributed by atoms with Crippen molar-refractivity contribution in [1.29, 1.82) is 0 Å². The average Bonchev–Trinajstić information content (AvgIpc) is 3.63. The first-order chi connectivity index (χ1) is 22.2. The van der Waals surface area contributed by atoms with Gasteiger partial charge in [0.2, 0.25) is 0 Å². The maximum absolute atomic E-state index is 12.3. The van der Waals surface area contributed by atoms with E-state index in [1.54, 1.807) is 0 Å². The lowest BCUT2D eigenvalue weighted by molar-refractivity contribution is -0.154. The molecular weight excluding hydrogens is 649 g/mol. The van der Waals surface area contributed by atoms with Gasteiger partial charge in [0, 0.05) is 18.6 Å². The molecule has 4 aliphatic rings. The maximum atomic E-state index is 12.3. The number of esters is 2. The minimum atomic E-state index is -1.70. The molecule has 7 nitrogen and oxygen atoms in total. The Morgan fingerprint density at radius 3 is 1.39 bits per heavy atom. The Hall–Kier alpha value is -0.746. The van der Waals surface area contributed by atoms with Gasteiger partial charge in [-0.15, -0.1) is 0 Å². The summed E-state index contributed by atoms with van der Waals surface area (Å²) in [6.07, 6.45) is 9.20. The number of hydrogen-bond acceptors (Lipinski definition) is 7. The van der Waals surface area contributed by atoms with Gasteiger partial charge >= 0.3 is 11.9 Å². The third-order valence-electron chi connectivity index (χ3n) is 11.0. The average molecular weight is 731 g/mol. The van der Waals surface area contributed by atoms with Crippen molar-refractivity contribution in [2.24, 2.45) is 11.3 Å². The molecule has 49 heavy (non-hydrogen) atoms. The van der Waals surface area contributed by atoms with E-state index in [0.29, 0.717) is 18.8 Å². The SMILES string of the molecule is CC.CC.CC1(C)CC2(CCC(O[Si](C)(C)C(C)(C)C)CC2)C(=O)O1.CC1(C)CO1.CCOC(=O)C1CCC(O[Si](C)(C)C(C)(C)C)CC1. The number of epoxide rings is 1. The topological polar surface area (TPSA) is 83.6 Å². The summed E-state index contributed by atoms with van der Waals surface area (Å²) in [5.41, 5.74) is -0.263. The van der Waals surface area contributed by atoms with Crippen LogP contribution in [0.1, 0.15) is 162 Å². The molecule has 0 aromatic rings. The summed E-state index contributed by atoms with van der Waals surface area (Å²) in [6, 6.07) is 0. The zero-order chi connectivity index (χ0) is 38.7. The Bertz CT molecular complexity index is 970. The molecule has 0 atom stereocenters. The van der Waals surface area contributed by atoms with E-state index in [0.717, 1.165) is 64.4 Å². The van der Waals surface area contributed by atoms with Gasteiger partial charge < -0.3 is 23.1 Å². The van der Waals surface area contributed by atoms with Crippen LogP contribution in [0, 0.1) is 11.3 Å². The first-order valence-electron chi connectivity index (χ1n) is 19.6. The minimum Gasteiger partial charge on any atom is -0.466 e. The minimum absolute atomic E-state index is 0.0201. The van der Waals surface area contributed by atoms with Gasteiger partial charge in [-0.25, -0.2) is 0 Å². The third-order valence-corrected chi connectivity index (χ3v) is 20.1. The van der Waals surface area contributed by atoms with Crippen LogP contribution in [0.4, 0.5) is 0 Å². The monoisotopic (exact) mass is 731 g/mol. The van der Waals surface area contributed by atoms with Crippen LogP contribution in [0.3, 0.4) is 0 Å². The highest BCUT2D eigenvalue weighted by molar-refractivity contribution is 6.74. The van der Waals surface area contributed by atoms with Gasteiger partial charge in [0.25, 0.3) is 0 Å². The Labute approximate surface area is 306 Å². The van der Waals surface area contributed by atoms with E-state index < -0.39 is 16.6 Å². The number of ether oxygens (including phenoxy) is 3. The molecule has 2 saturated heterocycles. The fraction of sp³-hybridized carbons (Fsp3) is 0.950. The van der Waals surface area contributed by atoms with E-state index in [-0.39, 0.29) is 44.6 Å². The fourth-order valence-electron chi connectivity index (χ4n) is 5.93. The molecule has 2 aliphatic heterocycles. The van der Waals surface area contributed by atoms with Gasteiger partial charge in [-0.05, 0) is 122 Å². The van der Waals surface area contributed by atoms with Crippen molar-refractivity contribution >= 4 is 28.6 Å². The summed E-state index contributed by atoms with van der Waals surface area (Å²) < 4.78 is 28.5. The van der Waals surface area contributed by atoms with Gasteiger partial charge in [0.15, 0.2) is 16.6 Å². The lowest BCUT2D eigenvalue weighted by Gasteiger charge is -2.42. The van der Waals surface area contributed by atoms with Crippen molar-refractivity contribution in [2.75, 3.05) is 13.2 Å². The second-order valence-electron chi connectivity index (χ2n) is 18.3. The molecule has 9 heteroatoms. The van der Waals surface area contributed by atoms with E-state index in [2.05, 4.69) is 81.6 Å². The molecule has 0 bridgehead atoms. The molecule has 0 amide bonds. The van der Waals surface area contributed by atoms with Crippen LogP contribution in [0.15, 0.2) is 0 Å². The van der Waals surface area contributed by atoms with Crippen molar-refractivity contribution in [1.82, 2.24) is 0 Å². The lowest BCUT2D eigenvalue weighted by Crippen LogP contribution is -2.46. The number of rotatable bonds is 6. The van der Waals surface area contributed by atoms with Crippen LogP contribution in [-0.4, -0.2) is 65.2 Å². The highest BCUT2D eigenvalue weighted by atomic mass is 28.4. The summed E-state index contributed by atoms with van der Waals surface area (Å²) in [7, 11) is -3.38. The molecule has 1 spiro atoms. The molecule has 2 heterocycles. The Morgan fingerprint density at radius 2 is 1.10 bits per heavy atom. The van der Waals surface area contributed by atoms with Crippen LogP contribution in [0.5, 0.6) is 0 Å². The van der Waals surface area contributed by atoms with E-state index in [9.17, 15) is 9.59 Å². The highest BCUT2D eigenvalue weighted by Crippen LogP contribution is 2.51. The van der Waals surface area contributed by atoms with Gasteiger partial charge in [-0.3, -0.25) is 9.59 Å². The molecule has 4 rings (SSSR count). The second kappa shape index (κ2) is 19.4. The van der Waals surface area contributed by atoms with Crippen LogP contribution in [0.25, 0.3) is 0 Å². The maximum Gasteiger partial charge on any atom is 0.312 e.